The Labute approximate surface area is 126 Å². The molecule has 1 aromatic rings. The minimum atomic E-state index is -3.61. The molecular weight excluding hydrogens is 290 g/mol. The highest BCUT2D eigenvalue weighted by Crippen LogP contribution is 2.28. The van der Waals surface area contributed by atoms with Gasteiger partial charge in [0.15, 0.2) is 0 Å². The molecule has 118 valence electrons. The molecule has 21 heavy (non-hydrogen) atoms. The second-order valence-corrected chi connectivity index (χ2v) is 7.24. The predicted octanol–water partition coefficient (Wildman–Crippen LogP) is 1.04. The van der Waals surface area contributed by atoms with Gasteiger partial charge in [-0.2, -0.15) is 0 Å². The Bertz CT molecular complexity index is 599. The fourth-order valence-electron chi connectivity index (χ4n) is 2.20. The van der Waals surface area contributed by atoms with Gasteiger partial charge in [0.25, 0.3) is 0 Å². The Kier molecular flexibility index (Phi) is 4.75. The lowest BCUT2D eigenvalue weighted by molar-refractivity contribution is 0.248. The summed E-state index contributed by atoms with van der Waals surface area (Å²) in [6.07, 6.45) is 2.39. The zero-order valence-electron chi connectivity index (χ0n) is 12.7. The highest BCUT2D eigenvalue weighted by molar-refractivity contribution is 7.89. The second-order valence-electron chi connectivity index (χ2n) is 5.51. The van der Waals surface area contributed by atoms with Gasteiger partial charge in [0, 0.05) is 30.4 Å². The Morgan fingerprint density at radius 3 is 2.71 bits per heavy atom. The molecule has 0 saturated heterocycles. The van der Waals surface area contributed by atoms with Crippen molar-refractivity contribution in [2.75, 3.05) is 26.4 Å². The first kappa shape index (κ1) is 16.1. The van der Waals surface area contributed by atoms with Crippen LogP contribution in [-0.4, -0.2) is 46.1 Å². The number of methoxy groups -OCH3 is 1. The molecule has 1 aliphatic rings. The van der Waals surface area contributed by atoms with Crippen LogP contribution in [0.2, 0.25) is 0 Å². The van der Waals surface area contributed by atoms with E-state index in [1.54, 1.807) is 6.07 Å². The van der Waals surface area contributed by atoms with Gasteiger partial charge in [-0.3, -0.25) is 4.90 Å². The molecule has 1 fully saturated rings. The lowest BCUT2D eigenvalue weighted by Gasteiger charge is -2.24. The number of anilines is 1. The van der Waals surface area contributed by atoms with Crippen LogP contribution < -0.4 is 15.2 Å². The molecule has 0 amide bonds. The average molecular weight is 313 g/mol. The summed E-state index contributed by atoms with van der Waals surface area (Å²) in [5.41, 5.74) is 6.11. The summed E-state index contributed by atoms with van der Waals surface area (Å²) in [4.78, 5) is 2.32. The Morgan fingerprint density at radius 2 is 2.14 bits per heavy atom. The molecule has 3 N–H and O–H groups in total. The molecule has 7 heteroatoms. The van der Waals surface area contributed by atoms with Gasteiger partial charge in [-0.15, -0.1) is 0 Å². The number of ether oxygens (including phenoxy) is 1. The van der Waals surface area contributed by atoms with E-state index in [0.29, 0.717) is 18.3 Å². The van der Waals surface area contributed by atoms with Gasteiger partial charge in [0.1, 0.15) is 10.6 Å². The zero-order chi connectivity index (χ0) is 15.6. The van der Waals surface area contributed by atoms with Gasteiger partial charge in [0.2, 0.25) is 10.0 Å². The summed E-state index contributed by atoms with van der Waals surface area (Å²) < 4.78 is 32.5. The smallest absolute Gasteiger partial charge is 0.244 e. The minimum Gasteiger partial charge on any atom is -0.495 e. The molecule has 0 heterocycles. The molecule has 0 aliphatic heterocycles. The van der Waals surface area contributed by atoms with Crippen LogP contribution in [-0.2, 0) is 10.0 Å². The lowest BCUT2D eigenvalue weighted by Crippen LogP contribution is -2.41. The first-order chi connectivity index (χ1) is 9.85. The molecule has 1 atom stereocenters. The van der Waals surface area contributed by atoms with Crippen LogP contribution in [0.4, 0.5) is 5.69 Å². The Balaban J connectivity index is 2.07. The summed E-state index contributed by atoms with van der Waals surface area (Å²) >= 11 is 0. The van der Waals surface area contributed by atoms with Gasteiger partial charge in [-0.1, -0.05) is 0 Å². The van der Waals surface area contributed by atoms with E-state index >= 15 is 0 Å². The van der Waals surface area contributed by atoms with Crippen LogP contribution in [0.15, 0.2) is 23.1 Å². The SMILES string of the molecule is COc1cc(N)ccc1S(=O)(=O)NCC(C)N(C)C1CC1. The number of hydrogen-bond donors (Lipinski definition) is 2. The van der Waals surface area contributed by atoms with E-state index in [-0.39, 0.29) is 16.7 Å². The molecule has 0 spiro atoms. The Hall–Kier alpha value is -1.31. The molecular formula is C14H23N3O3S. The highest BCUT2D eigenvalue weighted by Gasteiger charge is 2.30. The van der Waals surface area contributed by atoms with E-state index in [0.717, 1.165) is 0 Å². The topological polar surface area (TPSA) is 84.7 Å². The van der Waals surface area contributed by atoms with Crippen LogP contribution in [0.5, 0.6) is 5.75 Å². The van der Waals surface area contributed by atoms with Crippen molar-refractivity contribution in [3.8, 4) is 5.75 Å². The van der Waals surface area contributed by atoms with Crippen molar-refractivity contribution in [1.82, 2.24) is 9.62 Å². The normalized spacial score (nSPS) is 17.0. The third-order valence-corrected chi connectivity index (χ3v) is 5.33. The number of benzene rings is 1. The second kappa shape index (κ2) is 6.21. The maximum Gasteiger partial charge on any atom is 0.244 e. The number of nitrogens with zero attached hydrogens (tertiary/aromatic N) is 1. The van der Waals surface area contributed by atoms with E-state index in [9.17, 15) is 8.42 Å². The minimum absolute atomic E-state index is 0.112. The molecule has 1 aromatic carbocycles. The van der Waals surface area contributed by atoms with Gasteiger partial charge >= 0.3 is 0 Å². The van der Waals surface area contributed by atoms with E-state index in [1.165, 1.54) is 32.1 Å². The molecule has 6 nitrogen and oxygen atoms in total. The van der Waals surface area contributed by atoms with Crippen LogP contribution >= 0.6 is 0 Å². The summed E-state index contributed by atoms with van der Waals surface area (Å²) in [5, 5.41) is 0. The number of nitrogens with one attached hydrogen (secondary N) is 1. The highest BCUT2D eigenvalue weighted by atomic mass is 32.2. The quantitative estimate of drug-likeness (QED) is 0.735. The number of likely N-dealkylation sites (N-methyl/N-ethyl adjacent to an activating group) is 1. The van der Waals surface area contributed by atoms with Gasteiger partial charge in [-0.25, -0.2) is 13.1 Å². The van der Waals surface area contributed by atoms with Gasteiger partial charge in [-0.05, 0) is 38.9 Å². The third-order valence-electron chi connectivity index (χ3n) is 3.86. The zero-order valence-corrected chi connectivity index (χ0v) is 13.5. The molecule has 2 rings (SSSR count). The third kappa shape index (κ3) is 3.87. The number of sulfonamides is 1. The van der Waals surface area contributed by atoms with E-state index in [4.69, 9.17) is 10.5 Å². The summed E-state index contributed by atoms with van der Waals surface area (Å²) in [6, 6.07) is 5.26. The lowest BCUT2D eigenvalue weighted by atomic mass is 10.3. The number of hydrogen-bond acceptors (Lipinski definition) is 5. The standard InChI is InChI=1S/C14H23N3O3S/c1-10(17(2)12-5-6-12)9-16-21(18,19)14-7-4-11(15)8-13(14)20-3/h4,7-8,10,12,16H,5-6,9,15H2,1-3H3. The Morgan fingerprint density at radius 1 is 1.48 bits per heavy atom. The van der Waals surface area contributed by atoms with E-state index in [1.807, 2.05) is 14.0 Å². The first-order valence-electron chi connectivity index (χ1n) is 7.00. The number of rotatable bonds is 7. The van der Waals surface area contributed by atoms with Crippen molar-refractivity contribution in [3.05, 3.63) is 18.2 Å². The van der Waals surface area contributed by atoms with Crippen molar-refractivity contribution < 1.29 is 13.2 Å². The molecule has 1 unspecified atom stereocenters. The average Bonchev–Trinajstić information content (AvgIpc) is 3.28. The molecule has 0 aromatic heterocycles. The van der Waals surface area contributed by atoms with Crippen LogP contribution in [0.1, 0.15) is 19.8 Å². The molecule has 0 bridgehead atoms. The largest absolute Gasteiger partial charge is 0.495 e. The van der Waals surface area contributed by atoms with Crippen molar-refractivity contribution in [2.45, 2.75) is 36.7 Å². The fourth-order valence-corrected chi connectivity index (χ4v) is 3.47. The first-order valence-corrected chi connectivity index (χ1v) is 8.48. The van der Waals surface area contributed by atoms with Crippen LogP contribution in [0.3, 0.4) is 0 Å². The monoisotopic (exact) mass is 313 g/mol. The van der Waals surface area contributed by atoms with Crippen molar-refractivity contribution in [1.29, 1.82) is 0 Å². The van der Waals surface area contributed by atoms with Crippen LogP contribution in [0.25, 0.3) is 0 Å². The van der Waals surface area contributed by atoms with Crippen molar-refractivity contribution in [2.24, 2.45) is 0 Å². The summed E-state index contributed by atoms with van der Waals surface area (Å²) in [6.45, 7) is 2.38. The van der Waals surface area contributed by atoms with E-state index < -0.39 is 10.0 Å². The molecule has 1 aliphatic carbocycles. The molecule has 1 saturated carbocycles. The van der Waals surface area contributed by atoms with Gasteiger partial charge < -0.3 is 10.5 Å². The van der Waals surface area contributed by atoms with Crippen molar-refractivity contribution in [3.63, 3.8) is 0 Å². The predicted molar refractivity (Wildman–Crippen MR) is 82.8 cm³/mol. The fraction of sp³-hybridized carbons (Fsp3) is 0.571. The maximum absolute atomic E-state index is 12.4. The number of nitrogens with two attached hydrogens (primary N) is 1. The summed E-state index contributed by atoms with van der Waals surface area (Å²) in [7, 11) is -0.155. The van der Waals surface area contributed by atoms with E-state index in [2.05, 4.69) is 9.62 Å². The number of nitrogen functional groups attached to an aromatic ring is 1. The maximum atomic E-state index is 12.4. The molecule has 0 radical (unpaired) electrons. The summed E-state index contributed by atoms with van der Waals surface area (Å²) in [5.74, 6) is 0.255. The van der Waals surface area contributed by atoms with Crippen molar-refractivity contribution >= 4 is 15.7 Å². The van der Waals surface area contributed by atoms with Crippen LogP contribution in [0, 0.1) is 0 Å². The van der Waals surface area contributed by atoms with Gasteiger partial charge in [0.05, 0.1) is 7.11 Å².